The van der Waals surface area contributed by atoms with Crippen LogP contribution in [-0.2, 0) is 4.79 Å². The van der Waals surface area contributed by atoms with Crippen molar-refractivity contribution in [3.8, 4) is 0 Å². The van der Waals surface area contributed by atoms with Crippen molar-refractivity contribution in [2.75, 3.05) is 11.9 Å². The average molecular weight is 286 g/mol. The van der Waals surface area contributed by atoms with Gasteiger partial charge in [-0.25, -0.2) is 0 Å². The Labute approximate surface area is 115 Å². The van der Waals surface area contributed by atoms with Gasteiger partial charge >= 0.3 is 0 Å². The monoisotopic (exact) mass is 286 g/mol. The van der Waals surface area contributed by atoms with Gasteiger partial charge in [0.15, 0.2) is 0 Å². The van der Waals surface area contributed by atoms with Gasteiger partial charge < -0.3 is 10.6 Å². The van der Waals surface area contributed by atoms with Crippen LogP contribution in [0.5, 0.6) is 0 Å². The predicted octanol–water partition coefficient (Wildman–Crippen LogP) is 3.08. The Balaban J connectivity index is 1.72. The van der Waals surface area contributed by atoms with Crippen LogP contribution in [0.1, 0.15) is 19.3 Å². The molecule has 3 nitrogen and oxygen atoms in total. The fourth-order valence-corrected chi connectivity index (χ4v) is 2.12. The fourth-order valence-electron chi connectivity index (χ4n) is 1.62. The Morgan fingerprint density at radius 2 is 2.00 bits per heavy atom. The van der Waals surface area contributed by atoms with Crippen molar-refractivity contribution >= 4 is 23.4 Å². The number of thioether (sulfide) groups is 1. The molecule has 2 rings (SSSR count). The van der Waals surface area contributed by atoms with E-state index in [1.54, 1.807) is 24.3 Å². The molecule has 0 saturated heterocycles. The molecule has 0 aliphatic heterocycles. The molecule has 0 heterocycles. The molecule has 6 heteroatoms. The van der Waals surface area contributed by atoms with Gasteiger partial charge in [0.25, 0.3) is 5.76 Å². The zero-order valence-electron chi connectivity index (χ0n) is 10.4. The highest BCUT2D eigenvalue weighted by Crippen LogP contribution is 2.26. The maximum atomic E-state index is 12.1. The van der Waals surface area contributed by atoms with E-state index in [4.69, 9.17) is 0 Å². The maximum Gasteiger partial charge on any atom is 0.288 e. The first-order chi connectivity index (χ1) is 9.13. The number of anilines is 1. The van der Waals surface area contributed by atoms with Crippen molar-refractivity contribution in [3.05, 3.63) is 24.3 Å². The number of hydrogen-bond acceptors (Lipinski definition) is 3. The third-order valence-electron chi connectivity index (χ3n) is 2.73. The first-order valence-electron chi connectivity index (χ1n) is 6.21. The van der Waals surface area contributed by atoms with Crippen molar-refractivity contribution in [2.24, 2.45) is 0 Å². The number of amides is 1. The number of halogens is 2. The molecular weight excluding hydrogens is 270 g/mol. The Bertz CT molecular complexity index is 421. The highest BCUT2D eigenvalue weighted by molar-refractivity contribution is 7.99. The Hall–Kier alpha value is -1.14. The van der Waals surface area contributed by atoms with E-state index in [9.17, 15) is 13.6 Å². The van der Waals surface area contributed by atoms with Crippen molar-refractivity contribution in [3.63, 3.8) is 0 Å². The van der Waals surface area contributed by atoms with Crippen LogP contribution in [0.4, 0.5) is 14.5 Å². The van der Waals surface area contributed by atoms with Crippen molar-refractivity contribution in [1.82, 2.24) is 5.32 Å². The number of carbonyl (C=O) groups excluding carboxylic acids is 1. The zero-order chi connectivity index (χ0) is 13.7. The minimum atomic E-state index is -2.42. The molecule has 0 aromatic heterocycles. The van der Waals surface area contributed by atoms with E-state index < -0.39 is 5.76 Å². The third-order valence-corrected chi connectivity index (χ3v) is 3.45. The van der Waals surface area contributed by atoms with Crippen LogP contribution in [0.2, 0.25) is 0 Å². The number of benzene rings is 1. The normalized spacial score (nSPS) is 14.7. The summed E-state index contributed by atoms with van der Waals surface area (Å²) < 4.78 is 24.3. The van der Waals surface area contributed by atoms with Crippen LogP contribution in [0.25, 0.3) is 0 Å². The molecule has 19 heavy (non-hydrogen) atoms. The van der Waals surface area contributed by atoms with Gasteiger partial charge in [-0.05, 0) is 37.1 Å². The Kier molecular flexibility index (Phi) is 5.15. The molecular formula is C13H16F2N2OS. The summed E-state index contributed by atoms with van der Waals surface area (Å²) in [4.78, 5) is 12.1. The number of hydrogen-bond donors (Lipinski definition) is 2. The minimum Gasteiger partial charge on any atom is -0.326 e. The van der Waals surface area contributed by atoms with Gasteiger partial charge in [0.1, 0.15) is 0 Å². The van der Waals surface area contributed by atoms with E-state index in [1.165, 1.54) is 12.8 Å². The van der Waals surface area contributed by atoms with Crippen molar-refractivity contribution in [2.45, 2.75) is 36.0 Å². The average Bonchev–Trinajstić information content (AvgIpc) is 3.15. The standard InChI is InChI=1S/C13H16F2N2OS/c14-13(15)19-11-5-3-10(4-6-11)17-12(18)7-8-16-9-1-2-9/h3-6,9,13,16H,1-2,7-8H2,(H,17,18). The molecule has 0 radical (unpaired) electrons. The predicted molar refractivity (Wildman–Crippen MR) is 72.6 cm³/mol. The molecule has 1 amide bonds. The quantitative estimate of drug-likeness (QED) is 0.757. The summed E-state index contributed by atoms with van der Waals surface area (Å²) in [6.07, 6.45) is 2.82. The van der Waals surface area contributed by atoms with E-state index in [-0.39, 0.29) is 5.91 Å². The summed E-state index contributed by atoms with van der Waals surface area (Å²) in [5, 5.41) is 6.00. The SMILES string of the molecule is O=C(CCNC1CC1)Nc1ccc(SC(F)F)cc1. The lowest BCUT2D eigenvalue weighted by Crippen LogP contribution is -2.23. The van der Waals surface area contributed by atoms with E-state index >= 15 is 0 Å². The third kappa shape index (κ3) is 5.57. The van der Waals surface area contributed by atoms with Gasteiger partial charge in [-0.1, -0.05) is 11.8 Å². The molecule has 0 atom stereocenters. The number of carbonyl (C=O) groups is 1. The smallest absolute Gasteiger partial charge is 0.288 e. The molecule has 2 N–H and O–H groups in total. The van der Waals surface area contributed by atoms with Crippen LogP contribution in [0, 0.1) is 0 Å². The molecule has 0 unspecified atom stereocenters. The Morgan fingerprint density at radius 1 is 1.32 bits per heavy atom. The van der Waals surface area contributed by atoms with Crippen molar-refractivity contribution < 1.29 is 13.6 Å². The van der Waals surface area contributed by atoms with E-state index in [2.05, 4.69) is 10.6 Å². The molecule has 1 saturated carbocycles. The second kappa shape index (κ2) is 6.86. The Morgan fingerprint density at radius 3 is 2.58 bits per heavy atom. The lowest BCUT2D eigenvalue weighted by molar-refractivity contribution is -0.116. The highest BCUT2D eigenvalue weighted by atomic mass is 32.2. The largest absolute Gasteiger partial charge is 0.326 e. The first kappa shape index (κ1) is 14.3. The number of nitrogens with one attached hydrogen (secondary N) is 2. The number of rotatable bonds is 7. The summed E-state index contributed by atoms with van der Waals surface area (Å²) in [7, 11) is 0. The topological polar surface area (TPSA) is 41.1 Å². The summed E-state index contributed by atoms with van der Waals surface area (Å²) >= 11 is 0.494. The number of alkyl halides is 2. The molecule has 0 spiro atoms. The van der Waals surface area contributed by atoms with Crippen LogP contribution in [-0.4, -0.2) is 24.3 Å². The zero-order valence-corrected chi connectivity index (χ0v) is 11.2. The molecule has 1 aromatic carbocycles. The van der Waals surface area contributed by atoms with Gasteiger partial charge in [0, 0.05) is 29.6 Å². The summed E-state index contributed by atoms with van der Waals surface area (Å²) in [6, 6.07) is 7.02. The van der Waals surface area contributed by atoms with Crippen LogP contribution >= 0.6 is 11.8 Å². The lowest BCUT2D eigenvalue weighted by Gasteiger charge is -2.07. The molecule has 1 aromatic rings. The van der Waals surface area contributed by atoms with Gasteiger partial charge in [0.05, 0.1) is 0 Å². The molecule has 1 aliphatic carbocycles. The highest BCUT2D eigenvalue weighted by Gasteiger charge is 2.20. The summed E-state index contributed by atoms with van der Waals surface area (Å²) in [6.45, 7) is 0.676. The summed E-state index contributed by atoms with van der Waals surface area (Å²) in [5.41, 5.74) is 0.634. The fraction of sp³-hybridized carbons (Fsp3) is 0.462. The van der Waals surface area contributed by atoms with Gasteiger partial charge in [-0.2, -0.15) is 8.78 Å². The van der Waals surface area contributed by atoms with Crippen molar-refractivity contribution in [1.29, 1.82) is 0 Å². The molecule has 1 fully saturated rings. The van der Waals surface area contributed by atoms with Gasteiger partial charge in [-0.3, -0.25) is 4.79 Å². The molecule has 0 bridgehead atoms. The second-order valence-electron chi connectivity index (χ2n) is 4.43. The first-order valence-corrected chi connectivity index (χ1v) is 7.09. The van der Waals surface area contributed by atoms with E-state index in [0.717, 1.165) is 0 Å². The second-order valence-corrected chi connectivity index (χ2v) is 5.49. The molecule has 104 valence electrons. The minimum absolute atomic E-state index is 0.0672. The van der Waals surface area contributed by atoms with Crippen LogP contribution in [0.3, 0.4) is 0 Å². The lowest BCUT2D eigenvalue weighted by atomic mass is 10.3. The van der Waals surface area contributed by atoms with Crippen LogP contribution in [0.15, 0.2) is 29.2 Å². The van der Waals surface area contributed by atoms with E-state index in [1.807, 2.05) is 0 Å². The van der Waals surface area contributed by atoms with Gasteiger partial charge in [-0.15, -0.1) is 0 Å². The van der Waals surface area contributed by atoms with Gasteiger partial charge in [0.2, 0.25) is 5.91 Å². The van der Waals surface area contributed by atoms with Crippen LogP contribution < -0.4 is 10.6 Å². The van der Waals surface area contributed by atoms with E-state index in [0.29, 0.717) is 41.4 Å². The molecule has 1 aliphatic rings. The summed E-state index contributed by atoms with van der Waals surface area (Å²) in [5.74, 6) is -2.49. The maximum absolute atomic E-state index is 12.1.